The highest BCUT2D eigenvalue weighted by molar-refractivity contribution is 7.99. The second-order valence-electron chi connectivity index (χ2n) is 5.71. The average molecular weight is 305 g/mol. The molecule has 0 saturated carbocycles. The van der Waals surface area contributed by atoms with Gasteiger partial charge in [0.2, 0.25) is 5.91 Å². The van der Waals surface area contributed by atoms with Gasteiger partial charge >= 0.3 is 0 Å². The minimum Gasteiger partial charge on any atom is -0.324 e. The van der Waals surface area contributed by atoms with Crippen molar-refractivity contribution >= 4 is 23.4 Å². The van der Waals surface area contributed by atoms with E-state index in [-0.39, 0.29) is 11.9 Å². The monoisotopic (exact) mass is 305 g/mol. The molecule has 1 amide bonds. The topological polar surface area (TPSA) is 44.4 Å². The van der Waals surface area contributed by atoms with Crippen LogP contribution in [0.2, 0.25) is 0 Å². The molecule has 5 heteroatoms. The van der Waals surface area contributed by atoms with Gasteiger partial charge in [-0.1, -0.05) is 18.2 Å². The van der Waals surface area contributed by atoms with E-state index in [1.54, 1.807) is 0 Å². The number of nitrogens with one attached hydrogen (secondary N) is 2. The first-order valence-electron chi connectivity index (χ1n) is 7.75. The van der Waals surface area contributed by atoms with Crippen molar-refractivity contribution in [1.82, 2.24) is 10.2 Å². The van der Waals surface area contributed by atoms with Crippen LogP contribution in [0.5, 0.6) is 0 Å². The maximum Gasteiger partial charge on any atom is 0.242 e. The van der Waals surface area contributed by atoms with Crippen LogP contribution in [0.4, 0.5) is 5.69 Å². The Morgan fingerprint density at radius 3 is 2.90 bits per heavy atom. The fourth-order valence-electron chi connectivity index (χ4n) is 2.92. The Morgan fingerprint density at radius 2 is 2.14 bits per heavy atom. The van der Waals surface area contributed by atoms with Crippen molar-refractivity contribution in [2.45, 2.75) is 25.4 Å². The van der Waals surface area contributed by atoms with E-state index in [9.17, 15) is 4.79 Å². The lowest BCUT2D eigenvalue weighted by atomic mass is 10.1. The molecule has 1 aromatic rings. The molecule has 1 atom stereocenters. The Morgan fingerprint density at radius 1 is 1.33 bits per heavy atom. The minimum absolute atomic E-state index is 0.0661. The minimum atomic E-state index is -0.0661. The van der Waals surface area contributed by atoms with Crippen LogP contribution in [0.15, 0.2) is 24.3 Å². The van der Waals surface area contributed by atoms with E-state index in [0.29, 0.717) is 0 Å². The first kappa shape index (κ1) is 14.9. The predicted molar refractivity (Wildman–Crippen MR) is 88.7 cm³/mol. The fraction of sp³-hybridized carbons (Fsp3) is 0.562. The van der Waals surface area contributed by atoms with Crippen molar-refractivity contribution in [2.24, 2.45) is 0 Å². The average Bonchev–Trinajstić information content (AvgIpc) is 3.03. The van der Waals surface area contributed by atoms with Crippen LogP contribution in [0.3, 0.4) is 0 Å². The molecule has 1 unspecified atom stereocenters. The maximum atomic E-state index is 12.4. The van der Waals surface area contributed by atoms with Crippen LogP contribution in [0.25, 0.3) is 0 Å². The van der Waals surface area contributed by atoms with Crippen LogP contribution in [0.1, 0.15) is 18.4 Å². The van der Waals surface area contributed by atoms with Crippen molar-refractivity contribution in [3.8, 4) is 0 Å². The van der Waals surface area contributed by atoms with Crippen molar-refractivity contribution in [1.29, 1.82) is 0 Å². The molecule has 0 aliphatic carbocycles. The molecule has 114 valence electrons. The number of amides is 1. The Kier molecular flexibility index (Phi) is 5.17. The molecule has 2 N–H and O–H groups in total. The van der Waals surface area contributed by atoms with Gasteiger partial charge in [0, 0.05) is 30.3 Å². The number of rotatable bonds is 4. The SMILES string of the molecule is O=C(Nc1ccccc1CN1CCCC1)C1CSCCN1. The second kappa shape index (κ2) is 7.29. The Balaban J connectivity index is 1.65. The standard InChI is InChI=1S/C16H23N3OS/c20-16(15-12-21-10-7-17-15)18-14-6-2-1-5-13(14)11-19-8-3-4-9-19/h1-2,5-6,15,17H,3-4,7-12H2,(H,18,20). The molecule has 2 heterocycles. The zero-order valence-electron chi connectivity index (χ0n) is 12.3. The normalized spacial score (nSPS) is 23.1. The summed E-state index contributed by atoms with van der Waals surface area (Å²) in [6, 6.07) is 8.11. The summed E-state index contributed by atoms with van der Waals surface area (Å²) < 4.78 is 0. The van der Waals surface area contributed by atoms with E-state index in [1.165, 1.54) is 31.5 Å². The van der Waals surface area contributed by atoms with Gasteiger partial charge in [0.15, 0.2) is 0 Å². The summed E-state index contributed by atoms with van der Waals surface area (Å²) in [6.45, 7) is 4.19. The summed E-state index contributed by atoms with van der Waals surface area (Å²) in [7, 11) is 0. The number of anilines is 1. The van der Waals surface area contributed by atoms with Gasteiger partial charge in [-0.05, 0) is 37.6 Å². The summed E-state index contributed by atoms with van der Waals surface area (Å²) >= 11 is 1.84. The predicted octanol–water partition coefficient (Wildman–Crippen LogP) is 1.93. The quantitative estimate of drug-likeness (QED) is 0.892. The van der Waals surface area contributed by atoms with Crippen molar-refractivity contribution in [3.05, 3.63) is 29.8 Å². The van der Waals surface area contributed by atoms with Gasteiger partial charge in [0.05, 0.1) is 6.04 Å². The Hall–Kier alpha value is -1.04. The van der Waals surface area contributed by atoms with Crippen molar-refractivity contribution < 1.29 is 4.79 Å². The van der Waals surface area contributed by atoms with E-state index < -0.39 is 0 Å². The number of thioether (sulfide) groups is 1. The van der Waals surface area contributed by atoms with Gasteiger partial charge in [-0.2, -0.15) is 11.8 Å². The first-order valence-corrected chi connectivity index (χ1v) is 8.90. The number of carbonyl (C=O) groups is 1. The third-order valence-electron chi connectivity index (χ3n) is 4.11. The zero-order chi connectivity index (χ0) is 14.5. The molecule has 0 aromatic heterocycles. The van der Waals surface area contributed by atoms with E-state index in [2.05, 4.69) is 27.7 Å². The zero-order valence-corrected chi connectivity index (χ0v) is 13.1. The molecule has 2 fully saturated rings. The number of likely N-dealkylation sites (tertiary alicyclic amines) is 1. The molecule has 3 rings (SSSR count). The van der Waals surface area contributed by atoms with Crippen LogP contribution in [-0.2, 0) is 11.3 Å². The molecule has 2 aliphatic heterocycles. The molecule has 4 nitrogen and oxygen atoms in total. The van der Waals surface area contributed by atoms with Crippen molar-refractivity contribution in [3.63, 3.8) is 0 Å². The molecular formula is C16H23N3OS. The summed E-state index contributed by atoms with van der Waals surface area (Å²) in [5, 5.41) is 6.40. The molecule has 21 heavy (non-hydrogen) atoms. The first-order chi connectivity index (χ1) is 10.3. The van der Waals surface area contributed by atoms with E-state index in [1.807, 2.05) is 23.9 Å². The molecule has 1 aromatic carbocycles. The summed E-state index contributed by atoms with van der Waals surface area (Å²) in [5.74, 6) is 2.05. The van der Waals surface area contributed by atoms with E-state index in [0.717, 1.165) is 30.3 Å². The summed E-state index contributed by atoms with van der Waals surface area (Å²) in [6.07, 6.45) is 2.58. The molecule has 2 aliphatic rings. The number of carbonyl (C=O) groups excluding carboxylic acids is 1. The van der Waals surface area contributed by atoms with Gasteiger partial charge < -0.3 is 10.6 Å². The van der Waals surface area contributed by atoms with Crippen molar-refractivity contribution in [2.75, 3.05) is 36.5 Å². The van der Waals surface area contributed by atoms with Gasteiger partial charge in [-0.15, -0.1) is 0 Å². The number of benzene rings is 1. The smallest absolute Gasteiger partial charge is 0.242 e. The third kappa shape index (κ3) is 3.99. The third-order valence-corrected chi connectivity index (χ3v) is 5.17. The van der Waals surface area contributed by atoms with Gasteiger partial charge in [-0.3, -0.25) is 9.69 Å². The van der Waals surface area contributed by atoms with Gasteiger partial charge in [-0.25, -0.2) is 0 Å². The highest BCUT2D eigenvalue weighted by Crippen LogP contribution is 2.20. The Labute approximate surface area is 130 Å². The number of hydrogen-bond donors (Lipinski definition) is 2. The van der Waals surface area contributed by atoms with Crippen LogP contribution >= 0.6 is 11.8 Å². The molecule has 2 saturated heterocycles. The lowest BCUT2D eigenvalue weighted by molar-refractivity contribution is -0.117. The molecule has 0 spiro atoms. The highest BCUT2D eigenvalue weighted by atomic mass is 32.2. The van der Waals surface area contributed by atoms with Crippen LogP contribution in [0, 0.1) is 0 Å². The molecule has 0 radical (unpaired) electrons. The molecule has 0 bridgehead atoms. The van der Waals surface area contributed by atoms with Gasteiger partial charge in [0.1, 0.15) is 0 Å². The molecular weight excluding hydrogens is 282 g/mol. The lowest BCUT2D eigenvalue weighted by Gasteiger charge is -2.23. The number of para-hydroxylation sites is 1. The second-order valence-corrected chi connectivity index (χ2v) is 6.86. The fourth-order valence-corrected chi connectivity index (χ4v) is 3.85. The summed E-state index contributed by atoms with van der Waals surface area (Å²) in [4.78, 5) is 14.8. The highest BCUT2D eigenvalue weighted by Gasteiger charge is 2.22. The van der Waals surface area contributed by atoms with Crippen LogP contribution < -0.4 is 10.6 Å². The van der Waals surface area contributed by atoms with Crippen LogP contribution in [-0.4, -0.2) is 48.0 Å². The Bertz CT molecular complexity index is 482. The van der Waals surface area contributed by atoms with E-state index in [4.69, 9.17) is 0 Å². The number of nitrogens with zero attached hydrogens (tertiary/aromatic N) is 1. The lowest BCUT2D eigenvalue weighted by Crippen LogP contribution is -2.46. The number of hydrogen-bond acceptors (Lipinski definition) is 4. The largest absolute Gasteiger partial charge is 0.324 e. The maximum absolute atomic E-state index is 12.4. The van der Waals surface area contributed by atoms with E-state index >= 15 is 0 Å². The summed E-state index contributed by atoms with van der Waals surface area (Å²) in [5.41, 5.74) is 2.18. The van der Waals surface area contributed by atoms with Gasteiger partial charge in [0.25, 0.3) is 0 Å².